The molecule has 2 heterocycles. The van der Waals surface area contributed by atoms with E-state index in [1.165, 1.54) is 17.0 Å². The van der Waals surface area contributed by atoms with Crippen molar-refractivity contribution in [2.45, 2.75) is 52.6 Å². The van der Waals surface area contributed by atoms with E-state index in [2.05, 4.69) is 48.9 Å². The lowest BCUT2D eigenvalue weighted by Gasteiger charge is -2.37. The first kappa shape index (κ1) is 16.6. The lowest BCUT2D eigenvalue weighted by Crippen LogP contribution is -2.44. The standard InChI is InChI=1S/C20H27N3O/c1-4-8-18-19-12-11-15(3)22(19)13-14-23(18)20(24)21-17-10-7-6-9-16(17)5-2/h6-7,9-12,18H,4-5,8,13-14H2,1-3H3,(H,21,24)/t18-/m1/s1. The molecular formula is C20H27N3O. The molecule has 1 aromatic carbocycles. The molecule has 0 saturated carbocycles. The predicted octanol–water partition coefficient (Wildman–Crippen LogP) is 4.75. The Morgan fingerprint density at radius 2 is 1.96 bits per heavy atom. The van der Waals surface area contributed by atoms with E-state index in [9.17, 15) is 4.79 Å². The maximum absolute atomic E-state index is 12.9. The van der Waals surface area contributed by atoms with Gasteiger partial charge in [0.2, 0.25) is 0 Å². The highest BCUT2D eigenvalue weighted by Crippen LogP contribution is 2.32. The second-order valence-corrected chi connectivity index (χ2v) is 6.49. The van der Waals surface area contributed by atoms with Gasteiger partial charge in [0.15, 0.2) is 0 Å². The lowest BCUT2D eigenvalue weighted by atomic mass is 10.0. The molecule has 4 nitrogen and oxygen atoms in total. The van der Waals surface area contributed by atoms with Gasteiger partial charge in [0.25, 0.3) is 0 Å². The van der Waals surface area contributed by atoms with Crippen molar-refractivity contribution in [2.24, 2.45) is 0 Å². The van der Waals surface area contributed by atoms with Crippen molar-refractivity contribution in [3.8, 4) is 0 Å². The van der Waals surface area contributed by atoms with E-state index in [1.54, 1.807) is 0 Å². The van der Waals surface area contributed by atoms with E-state index in [-0.39, 0.29) is 12.1 Å². The van der Waals surface area contributed by atoms with Gasteiger partial charge in [-0.3, -0.25) is 0 Å². The topological polar surface area (TPSA) is 37.3 Å². The van der Waals surface area contributed by atoms with Crippen molar-refractivity contribution in [1.82, 2.24) is 9.47 Å². The smallest absolute Gasteiger partial charge is 0.322 e. The van der Waals surface area contributed by atoms with Gasteiger partial charge in [-0.2, -0.15) is 0 Å². The van der Waals surface area contributed by atoms with Crippen LogP contribution in [-0.2, 0) is 13.0 Å². The molecule has 3 rings (SSSR count). The fourth-order valence-corrected chi connectivity index (χ4v) is 3.67. The highest BCUT2D eigenvalue weighted by Gasteiger charge is 2.31. The van der Waals surface area contributed by atoms with Crippen LogP contribution in [0.4, 0.5) is 10.5 Å². The Hall–Kier alpha value is -2.23. The maximum Gasteiger partial charge on any atom is 0.322 e. The predicted molar refractivity (Wildman–Crippen MR) is 98.4 cm³/mol. The van der Waals surface area contributed by atoms with Crippen LogP contribution in [0.1, 0.15) is 49.7 Å². The molecule has 0 unspecified atom stereocenters. The van der Waals surface area contributed by atoms with Crippen LogP contribution < -0.4 is 5.32 Å². The fourth-order valence-electron chi connectivity index (χ4n) is 3.67. The highest BCUT2D eigenvalue weighted by atomic mass is 16.2. The summed E-state index contributed by atoms with van der Waals surface area (Å²) in [5.74, 6) is 0. The first-order chi connectivity index (χ1) is 11.7. The Bertz CT molecular complexity index is 719. The minimum absolute atomic E-state index is 0.0134. The van der Waals surface area contributed by atoms with E-state index >= 15 is 0 Å². The number of para-hydroxylation sites is 1. The van der Waals surface area contributed by atoms with E-state index in [1.807, 2.05) is 23.1 Å². The van der Waals surface area contributed by atoms with Gasteiger partial charge in [-0.05, 0) is 43.5 Å². The minimum Gasteiger partial charge on any atom is -0.345 e. The summed E-state index contributed by atoms with van der Waals surface area (Å²) in [6.45, 7) is 8.06. The number of anilines is 1. The number of rotatable bonds is 4. The Kier molecular flexibility index (Phi) is 4.93. The zero-order chi connectivity index (χ0) is 17.1. The Labute approximate surface area is 144 Å². The van der Waals surface area contributed by atoms with E-state index < -0.39 is 0 Å². The number of hydrogen-bond donors (Lipinski definition) is 1. The molecular weight excluding hydrogens is 298 g/mol. The normalized spacial score (nSPS) is 16.8. The SMILES string of the molecule is CCC[C@@H]1c2ccc(C)n2CCN1C(=O)Nc1ccccc1CC. The maximum atomic E-state index is 12.9. The molecule has 2 aromatic rings. The van der Waals surface area contributed by atoms with Gasteiger partial charge in [-0.25, -0.2) is 4.79 Å². The lowest BCUT2D eigenvalue weighted by molar-refractivity contribution is 0.162. The zero-order valence-corrected chi connectivity index (χ0v) is 14.9. The van der Waals surface area contributed by atoms with Gasteiger partial charge in [0.05, 0.1) is 6.04 Å². The van der Waals surface area contributed by atoms with Gasteiger partial charge < -0.3 is 14.8 Å². The van der Waals surface area contributed by atoms with Crippen LogP contribution in [0, 0.1) is 6.92 Å². The van der Waals surface area contributed by atoms with Crippen LogP contribution in [0.15, 0.2) is 36.4 Å². The summed E-state index contributed by atoms with van der Waals surface area (Å²) < 4.78 is 2.35. The van der Waals surface area contributed by atoms with Crippen LogP contribution in [0.2, 0.25) is 0 Å². The molecule has 128 valence electrons. The number of hydrogen-bond acceptors (Lipinski definition) is 1. The first-order valence-electron chi connectivity index (χ1n) is 8.97. The van der Waals surface area contributed by atoms with Crippen LogP contribution >= 0.6 is 0 Å². The average molecular weight is 325 g/mol. The van der Waals surface area contributed by atoms with Crippen molar-refractivity contribution in [1.29, 1.82) is 0 Å². The number of amides is 2. The monoisotopic (exact) mass is 325 g/mol. The van der Waals surface area contributed by atoms with E-state index in [4.69, 9.17) is 0 Å². The fraction of sp³-hybridized carbons (Fsp3) is 0.450. The number of carbonyl (C=O) groups excluding carboxylic acids is 1. The number of nitrogens with one attached hydrogen (secondary N) is 1. The number of nitrogens with zero attached hydrogens (tertiary/aromatic N) is 2. The highest BCUT2D eigenvalue weighted by molar-refractivity contribution is 5.90. The quantitative estimate of drug-likeness (QED) is 0.865. The molecule has 0 aliphatic carbocycles. The largest absolute Gasteiger partial charge is 0.345 e. The van der Waals surface area contributed by atoms with Crippen molar-refractivity contribution >= 4 is 11.7 Å². The van der Waals surface area contributed by atoms with Crippen molar-refractivity contribution in [2.75, 3.05) is 11.9 Å². The molecule has 1 aromatic heterocycles. The number of carbonyl (C=O) groups is 1. The number of aromatic nitrogens is 1. The first-order valence-corrected chi connectivity index (χ1v) is 8.97. The van der Waals surface area contributed by atoms with Gasteiger partial charge in [-0.15, -0.1) is 0 Å². The summed E-state index contributed by atoms with van der Waals surface area (Å²) in [6.07, 6.45) is 2.97. The average Bonchev–Trinajstić information content (AvgIpc) is 2.97. The van der Waals surface area contributed by atoms with E-state index in [0.717, 1.165) is 38.0 Å². The molecule has 1 aliphatic heterocycles. The van der Waals surface area contributed by atoms with E-state index in [0.29, 0.717) is 0 Å². The van der Waals surface area contributed by atoms with Crippen molar-refractivity contribution in [3.05, 3.63) is 53.3 Å². The Morgan fingerprint density at radius 3 is 2.71 bits per heavy atom. The van der Waals surface area contributed by atoms with Crippen LogP contribution in [0.5, 0.6) is 0 Å². The molecule has 1 aliphatic rings. The molecule has 1 atom stereocenters. The summed E-state index contributed by atoms with van der Waals surface area (Å²) in [7, 11) is 0. The van der Waals surface area contributed by atoms with Gasteiger partial charge in [0.1, 0.15) is 0 Å². The second-order valence-electron chi connectivity index (χ2n) is 6.49. The molecule has 0 fully saturated rings. The summed E-state index contributed by atoms with van der Waals surface area (Å²) in [6, 6.07) is 12.6. The van der Waals surface area contributed by atoms with Crippen LogP contribution in [0.25, 0.3) is 0 Å². The minimum atomic E-state index is 0.0134. The van der Waals surface area contributed by atoms with Crippen LogP contribution in [0.3, 0.4) is 0 Å². The van der Waals surface area contributed by atoms with Gasteiger partial charge in [-0.1, -0.05) is 38.5 Å². The number of urea groups is 1. The third-order valence-electron chi connectivity index (χ3n) is 4.98. The molecule has 0 saturated heterocycles. The number of benzene rings is 1. The molecule has 4 heteroatoms. The summed E-state index contributed by atoms with van der Waals surface area (Å²) in [4.78, 5) is 14.9. The molecule has 0 radical (unpaired) electrons. The number of fused-ring (bicyclic) bond motifs is 1. The Balaban J connectivity index is 1.83. The zero-order valence-electron chi connectivity index (χ0n) is 14.9. The summed E-state index contributed by atoms with van der Waals surface area (Å²) >= 11 is 0. The van der Waals surface area contributed by atoms with Gasteiger partial charge >= 0.3 is 6.03 Å². The molecule has 0 bridgehead atoms. The van der Waals surface area contributed by atoms with Crippen molar-refractivity contribution in [3.63, 3.8) is 0 Å². The Morgan fingerprint density at radius 1 is 1.17 bits per heavy atom. The molecule has 24 heavy (non-hydrogen) atoms. The molecule has 2 amide bonds. The molecule has 1 N–H and O–H groups in total. The third kappa shape index (κ3) is 3.05. The summed E-state index contributed by atoms with van der Waals surface area (Å²) in [5.41, 5.74) is 4.65. The van der Waals surface area contributed by atoms with Crippen molar-refractivity contribution < 1.29 is 4.79 Å². The van der Waals surface area contributed by atoms with Crippen LogP contribution in [-0.4, -0.2) is 22.0 Å². The third-order valence-corrected chi connectivity index (χ3v) is 4.98. The van der Waals surface area contributed by atoms with Gasteiger partial charge in [0, 0.05) is 30.2 Å². The number of aryl methyl sites for hydroxylation is 2. The second kappa shape index (κ2) is 7.12. The molecule has 0 spiro atoms. The summed E-state index contributed by atoms with van der Waals surface area (Å²) in [5, 5.41) is 3.13.